The molecule has 0 spiro atoms. The summed E-state index contributed by atoms with van der Waals surface area (Å²) in [6, 6.07) is 0. The van der Waals surface area contributed by atoms with Crippen molar-refractivity contribution in [1.82, 2.24) is 5.32 Å². The highest BCUT2D eigenvalue weighted by atomic mass is 127. The summed E-state index contributed by atoms with van der Waals surface area (Å²) >= 11 is 0. The standard InChI is InChI=1S/C12H27N3O.HI/c1-5-12(16,6-2)9-15-11(13)14-8-7-10(3)4;/h10,16H,5-9H2,1-4H3,(H3,13,14,15);1H. The van der Waals surface area contributed by atoms with Gasteiger partial charge in [-0.15, -0.1) is 24.0 Å². The molecule has 17 heavy (non-hydrogen) atoms. The summed E-state index contributed by atoms with van der Waals surface area (Å²) in [4.78, 5) is 4.17. The van der Waals surface area contributed by atoms with E-state index in [0.29, 0.717) is 31.3 Å². The Morgan fingerprint density at radius 1 is 1.35 bits per heavy atom. The van der Waals surface area contributed by atoms with Gasteiger partial charge in [0.15, 0.2) is 5.96 Å². The maximum absolute atomic E-state index is 10.0. The van der Waals surface area contributed by atoms with Crippen molar-refractivity contribution >= 4 is 29.9 Å². The number of halogens is 1. The predicted molar refractivity (Wildman–Crippen MR) is 84.9 cm³/mol. The minimum Gasteiger partial charge on any atom is -0.388 e. The third-order valence-corrected chi connectivity index (χ3v) is 2.89. The summed E-state index contributed by atoms with van der Waals surface area (Å²) in [5.74, 6) is 1.09. The van der Waals surface area contributed by atoms with E-state index in [9.17, 15) is 5.11 Å². The second-order valence-electron chi connectivity index (χ2n) is 4.74. The van der Waals surface area contributed by atoms with Crippen LogP contribution in [-0.2, 0) is 0 Å². The Morgan fingerprint density at radius 3 is 2.29 bits per heavy atom. The Kier molecular flexibility index (Phi) is 11.3. The van der Waals surface area contributed by atoms with Crippen molar-refractivity contribution in [3.63, 3.8) is 0 Å². The molecule has 0 bridgehead atoms. The van der Waals surface area contributed by atoms with E-state index < -0.39 is 5.60 Å². The molecule has 104 valence electrons. The second-order valence-corrected chi connectivity index (χ2v) is 4.74. The molecule has 0 atom stereocenters. The molecular weight excluding hydrogens is 329 g/mol. The molecule has 0 amide bonds. The van der Waals surface area contributed by atoms with Crippen LogP contribution in [-0.4, -0.2) is 29.8 Å². The Morgan fingerprint density at radius 2 is 1.88 bits per heavy atom. The van der Waals surface area contributed by atoms with Crippen molar-refractivity contribution in [2.75, 3.05) is 13.1 Å². The van der Waals surface area contributed by atoms with Crippen LogP contribution in [0.1, 0.15) is 47.0 Å². The fourth-order valence-corrected chi connectivity index (χ4v) is 1.25. The van der Waals surface area contributed by atoms with Gasteiger partial charge in [0.1, 0.15) is 0 Å². The lowest BCUT2D eigenvalue weighted by Crippen LogP contribution is -2.36. The molecule has 0 aromatic carbocycles. The monoisotopic (exact) mass is 357 g/mol. The van der Waals surface area contributed by atoms with Crippen molar-refractivity contribution in [3.05, 3.63) is 0 Å². The third-order valence-electron chi connectivity index (χ3n) is 2.89. The van der Waals surface area contributed by atoms with E-state index in [1.807, 2.05) is 13.8 Å². The van der Waals surface area contributed by atoms with E-state index in [2.05, 4.69) is 24.2 Å². The first-order valence-corrected chi connectivity index (χ1v) is 6.19. The predicted octanol–water partition coefficient (Wildman–Crippen LogP) is 2.11. The number of nitrogens with one attached hydrogen (secondary N) is 1. The van der Waals surface area contributed by atoms with Gasteiger partial charge in [0.05, 0.1) is 12.1 Å². The molecule has 0 saturated carbocycles. The molecule has 0 saturated heterocycles. The average molecular weight is 357 g/mol. The second kappa shape index (κ2) is 9.94. The first-order valence-electron chi connectivity index (χ1n) is 6.19. The lowest BCUT2D eigenvalue weighted by molar-refractivity contribution is 0.0418. The van der Waals surface area contributed by atoms with Crippen LogP contribution in [0.5, 0.6) is 0 Å². The lowest BCUT2D eigenvalue weighted by Gasteiger charge is -2.22. The van der Waals surface area contributed by atoms with Crippen LogP contribution in [0, 0.1) is 5.92 Å². The van der Waals surface area contributed by atoms with E-state index in [1.165, 1.54) is 0 Å². The Labute approximate surface area is 122 Å². The molecule has 0 aliphatic heterocycles. The minimum absolute atomic E-state index is 0. The first kappa shape index (κ1) is 19.3. The summed E-state index contributed by atoms with van der Waals surface area (Å²) in [5.41, 5.74) is 5.00. The van der Waals surface area contributed by atoms with Gasteiger partial charge in [-0.25, -0.2) is 0 Å². The molecule has 0 aliphatic rings. The normalized spacial score (nSPS) is 12.5. The third kappa shape index (κ3) is 9.64. The van der Waals surface area contributed by atoms with Crippen LogP contribution in [0.15, 0.2) is 4.99 Å². The van der Waals surface area contributed by atoms with Crippen molar-refractivity contribution in [2.24, 2.45) is 16.6 Å². The highest BCUT2D eigenvalue weighted by Crippen LogP contribution is 2.14. The van der Waals surface area contributed by atoms with Gasteiger partial charge in [-0.3, -0.25) is 4.99 Å². The molecule has 0 aromatic rings. The summed E-state index contributed by atoms with van der Waals surface area (Å²) in [6.07, 6.45) is 2.47. The molecule has 0 rings (SSSR count). The van der Waals surface area contributed by atoms with Crippen LogP contribution < -0.4 is 11.1 Å². The molecule has 0 aromatic heterocycles. The summed E-state index contributed by atoms with van der Waals surface area (Å²) in [7, 11) is 0. The van der Waals surface area contributed by atoms with E-state index in [4.69, 9.17) is 5.73 Å². The van der Waals surface area contributed by atoms with Gasteiger partial charge in [-0.05, 0) is 25.2 Å². The van der Waals surface area contributed by atoms with E-state index >= 15 is 0 Å². The average Bonchev–Trinajstić information content (AvgIpc) is 2.25. The molecule has 5 heteroatoms. The molecule has 0 fully saturated rings. The number of aliphatic hydroxyl groups is 1. The molecule has 0 unspecified atom stereocenters. The zero-order valence-electron chi connectivity index (χ0n) is 11.5. The van der Waals surface area contributed by atoms with Crippen LogP contribution in [0.2, 0.25) is 0 Å². The first-order chi connectivity index (χ1) is 7.43. The molecule has 0 aliphatic carbocycles. The summed E-state index contributed by atoms with van der Waals surface area (Å²) in [5, 5.41) is 13.1. The smallest absolute Gasteiger partial charge is 0.188 e. The number of hydrogen-bond donors (Lipinski definition) is 3. The van der Waals surface area contributed by atoms with Gasteiger partial charge in [-0.2, -0.15) is 0 Å². The highest BCUT2D eigenvalue weighted by molar-refractivity contribution is 14.0. The largest absolute Gasteiger partial charge is 0.388 e. The Balaban J connectivity index is 0. The lowest BCUT2D eigenvalue weighted by atomic mass is 9.98. The van der Waals surface area contributed by atoms with Gasteiger partial charge in [0.2, 0.25) is 0 Å². The number of nitrogens with two attached hydrogens (primary N) is 1. The van der Waals surface area contributed by atoms with Gasteiger partial charge < -0.3 is 16.2 Å². The minimum atomic E-state index is -0.704. The molecule has 4 nitrogen and oxygen atoms in total. The Hall–Kier alpha value is -0.0400. The van der Waals surface area contributed by atoms with Gasteiger partial charge in [0, 0.05) is 6.54 Å². The van der Waals surface area contributed by atoms with Crippen LogP contribution in [0.3, 0.4) is 0 Å². The van der Waals surface area contributed by atoms with Crippen LogP contribution >= 0.6 is 24.0 Å². The number of aliphatic imine (C=N–C) groups is 1. The maximum atomic E-state index is 10.0. The molecule has 0 heterocycles. The summed E-state index contributed by atoms with van der Waals surface area (Å²) < 4.78 is 0. The summed E-state index contributed by atoms with van der Waals surface area (Å²) in [6.45, 7) is 9.47. The fourth-order valence-electron chi connectivity index (χ4n) is 1.25. The molecule has 4 N–H and O–H groups in total. The maximum Gasteiger partial charge on any atom is 0.188 e. The number of rotatable bonds is 7. The van der Waals surface area contributed by atoms with Crippen molar-refractivity contribution < 1.29 is 5.11 Å². The number of hydrogen-bond acceptors (Lipinski definition) is 2. The van der Waals surface area contributed by atoms with Crippen LogP contribution in [0.25, 0.3) is 0 Å². The van der Waals surface area contributed by atoms with Crippen molar-refractivity contribution in [3.8, 4) is 0 Å². The quantitative estimate of drug-likeness (QED) is 0.371. The Bertz CT molecular complexity index is 216. The van der Waals surface area contributed by atoms with Gasteiger partial charge in [0.25, 0.3) is 0 Å². The fraction of sp³-hybridized carbons (Fsp3) is 0.917. The topological polar surface area (TPSA) is 70.6 Å². The van der Waals surface area contributed by atoms with Gasteiger partial charge >= 0.3 is 0 Å². The van der Waals surface area contributed by atoms with Crippen molar-refractivity contribution in [2.45, 2.75) is 52.6 Å². The molecule has 0 radical (unpaired) electrons. The van der Waals surface area contributed by atoms with E-state index in [0.717, 1.165) is 13.0 Å². The molecular formula is C12H28IN3O. The van der Waals surface area contributed by atoms with Crippen molar-refractivity contribution in [1.29, 1.82) is 0 Å². The van der Waals surface area contributed by atoms with E-state index in [-0.39, 0.29) is 24.0 Å². The van der Waals surface area contributed by atoms with Crippen LogP contribution in [0.4, 0.5) is 0 Å². The van der Waals surface area contributed by atoms with E-state index in [1.54, 1.807) is 0 Å². The highest BCUT2D eigenvalue weighted by Gasteiger charge is 2.21. The number of nitrogens with zero attached hydrogens (tertiary/aromatic N) is 1. The van der Waals surface area contributed by atoms with Gasteiger partial charge in [-0.1, -0.05) is 27.7 Å². The SMILES string of the molecule is CCC(O)(CC)CN=C(N)NCCC(C)C.I. The number of guanidine groups is 1. The zero-order chi connectivity index (χ0) is 12.6. The zero-order valence-corrected chi connectivity index (χ0v) is 13.8.